The summed E-state index contributed by atoms with van der Waals surface area (Å²) in [5, 5.41) is 0. The van der Waals surface area contributed by atoms with Crippen molar-refractivity contribution in [3.05, 3.63) is 0 Å². The molecule has 1 atom stereocenters. The molecular weight excluding hydrogens is 186 g/mol. The molecule has 1 saturated carbocycles. The normalized spacial score (nSPS) is 36.0. The number of carbonyl (C=O) groups excluding carboxylic acids is 1. The van der Waals surface area contributed by atoms with Crippen LogP contribution in [0.5, 0.6) is 0 Å². The highest BCUT2D eigenvalue weighted by Gasteiger charge is 2.56. The third kappa shape index (κ3) is 1.41. The zero-order chi connectivity index (χ0) is 10.2. The maximum absolute atomic E-state index is 11.4. The Bertz CT molecular complexity index is 249. The average molecular weight is 201 g/mol. The quantitative estimate of drug-likeness (QED) is 0.502. The van der Waals surface area contributed by atoms with E-state index in [1.54, 1.807) is 0 Å². The van der Waals surface area contributed by atoms with E-state index >= 15 is 0 Å². The molecule has 1 saturated heterocycles. The Morgan fingerprint density at radius 2 is 2.00 bits per heavy atom. The molecule has 0 amide bonds. The van der Waals surface area contributed by atoms with Crippen LogP contribution in [-0.4, -0.2) is 17.5 Å². The third-order valence-corrected chi connectivity index (χ3v) is 2.87. The van der Waals surface area contributed by atoms with E-state index in [2.05, 4.69) is 4.84 Å². The van der Waals surface area contributed by atoms with Crippen LogP contribution in [0.4, 0.5) is 0 Å². The Morgan fingerprint density at radius 1 is 1.36 bits per heavy atom. The molecule has 0 aromatic carbocycles. The standard InChI is InChI=1S/C9H15NO4/c1-8(14-10)7(11)12-9(13-8)5-3-2-4-6-9/h2-6,10H2,1H3/t8-/m0/s1. The lowest BCUT2D eigenvalue weighted by Crippen LogP contribution is -2.41. The van der Waals surface area contributed by atoms with E-state index < -0.39 is 17.5 Å². The molecule has 1 aliphatic carbocycles. The van der Waals surface area contributed by atoms with Gasteiger partial charge >= 0.3 is 5.97 Å². The van der Waals surface area contributed by atoms with E-state index in [1.807, 2.05) is 0 Å². The number of ether oxygens (including phenoxy) is 2. The summed E-state index contributed by atoms with van der Waals surface area (Å²) in [6.07, 6.45) is 4.64. The molecule has 2 fully saturated rings. The van der Waals surface area contributed by atoms with Crippen molar-refractivity contribution in [2.75, 3.05) is 0 Å². The van der Waals surface area contributed by atoms with Gasteiger partial charge in [-0.1, -0.05) is 6.42 Å². The number of nitrogens with two attached hydrogens (primary N) is 1. The molecule has 0 aromatic rings. The van der Waals surface area contributed by atoms with Gasteiger partial charge in [0.25, 0.3) is 5.79 Å². The monoisotopic (exact) mass is 201 g/mol. The molecule has 2 N–H and O–H groups in total. The van der Waals surface area contributed by atoms with Crippen molar-refractivity contribution in [3.63, 3.8) is 0 Å². The van der Waals surface area contributed by atoms with E-state index in [0.29, 0.717) is 0 Å². The highest BCUT2D eigenvalue weighted by Crippen LogP contribution is 2.42. The Kier molecular flexibility index (Phi) is 2.25. The van der Waals surface area contributed by atoms with Gasteiger partial charge in [0.05, 0.1) is 0 Å². The second kappa shape index (κ2) is 3.18. The van der Waals surface area contributed by atoms with Crippen LogP contribution >= 0.6 is 0 Å². The minimum Gasteiger partial charge on any atom is -0.429 e. The molecule has 5 heteroatoms. The Labute approximate surface area is 82.4 Å². The van der Waals surface area contributed by atoms with Crippen LogP contribution in [0.1, 0.15) is 39.0 Å². The van der Waals surface area contributed by atoms with Crippen LogP contribution in [-0.2, 0) is 19.1 Å². The summed E-state index contributed by atoms with van der Waals surface area (Å²) in [6.45, 7) is 1.48. The van der Waals surface area contributed by atoms with Gasteiger partial charge in [0, 0.05) is 19.8 Å². The van der Waals surface area contributed by atoms with Crippen LogP contribution in [0, 0.1) is 0 Å². The second-order valence-corrected chi connectivity index (χ2v) is 4.03. The van der Waals surface area contributed by atoms with Crippen molar-refractivity contribution in [2.45, 2.75) is 50.6 Å². The number of hydrogen-bond acceptors (Lipinski definition) is 5. The van der Waals surface area contributed by atoms with Crippen molar-refractivity contribution in [1.29, 1.82) is 0 Å². The summed E-state index contributed by atoms with van der Waals surface area (Å²) in [4.78, 5) is 16.0. The summed E-state index contributed by atoms with van der Waals surface area (Å²) in [5.41, 5.74) is 0. The van der Waals surface area contributed by atoms with E-state index in [0.717, 1.165) is 32.1 Å². The molecular formula is C9H15NO4. The van der Waals surface area contributed by atoms with Gasteiger partial charge in [0.2, 0.25) is 5.79 Å². The lowest BCUT2D eigenvalue weighted by molar-refractivity contribution is -0.267. The van der Waals surface area contributed by atoms with Gasteiger partial charge in [-0.15, -0.1) is 0 Å². The van der Waals surface area contributed by atoms with Crippen molar-refractivity contribution in [2.24, 2.45) is 5.90 Å². The SMILES string of the molecule is C[C@@]1(ON)OC2(CCCCC2)OC1=O. The summed E-state index contributed by atoms with van der Waals surface area (Å²) >= 11 is 0. The highest BCUT2D eigenvalue weighted by atomic mass is 16.9. The van der Waals surface area contributed by atoms with E-state index in [1.165, 1.54) is 6.92 Å². The molecule has 1 heterocycles. The molecule has 0 radical (unpaired) electrons. The number of carbonyl (C=O) groups is 1. The van der Waals surface area contributed by atoms with E-state index in [-0.39, 0.29) is 0 Å². The number of esters is 1. The van der Waals surface area contributed by atoms with E-state index in [4.69, 9.17) is 15.4 Å². The van der Waals surface area contributed by atoms with Crippen LogP contribution < -0.4 is 5.90 Å². The molecule has 0 bridgehead atoms. The highest BCUT2D eigenvalue weighted by molar-refractivity contribution is 5.79. The topological polar surface area (TPSA) is 70.8 Å². The Hall–Kier alpha value is -0.650. The molecule has 5 nitrogen and oxygen atoms in total. The Balaban J connectivity index is 2.14. The minimum absolute atomic E-state index is 0.526. The zero-order valence-electron chi connectivity index (χ0n) is 8.25. The number of hydrogen-bond donors (Lipinski definition) is 1. The summed E-state index contributed by atoms with van der Waals surface area (Å²) in [7, 11) is 0. The van der Waals surface area contributed by atoms with Gasteiger partial charge in [-0.3, -0.25) is 9.57 Å². The first-order chi connectivity index (χ1) is 6.60. The van der Waals surface area contributed by atoms with Crippen molar-refractivity contribution in [1.82, 2.24) is 0 Å². The van der Waals surface area contributed by atoms with Gasteiger partial charge in [0.15, 0.2) is 0 Å². The molecule has 14 heavy (non-hydrogen) atoms. The van der Waals surface area contributed by atoms with Crippen molar-refractivity contribution in [3.8, 4) is 0 Å². The average Bonchev–Trinajstić information content (AvgIpc) is 2.41. The van der Waals surface area contributed by atoms with E-state index in [9.17, 15) is 4.79 Å². The lowest BCUT2D eigenvalue weighted by Gasteiger charge is -2.31. The van der Waals surface area contributed by atoms with Gasteiger partial charge in [-0.25, -0.2) is 10.7 Å². The summed E-state index contributed by atoms with van der Waals surface area (Å²) < 4.78 is 10.7. The van der Waals surface area contributed by atoms with Crippen LogP contribution in [0.2, 0.25) is 0 Å². The fourth-order valence-corrected chi connectivity index (χ4v) is 2.05. The molecule has 2 aliphatic rings. The zero-order valence-corrected chi connectivity index (χ0v) is 8.25. The fourth-order valence-electron chi connectivity index (χ4n) is 2.05. The van der Waals surface area contributed by atoms with Crippen molar-refractivity contribution < 1.29 is 19.1 Å². The molecule has 1 aliphatic heterocycles. The smallest absolute Gasteiger partial charge is 0.370 e. The van der Waals surface area contributed by atoms with Crippen LogP contribution in [0.25, 0.3) is 0 Å². The maximum Gasteiger partial charge on any atom is 0.370 e. The van der Waals surface area contributed by atoms with Crippen molar-refractivity contribution >= 4 is 5.97 Å². The van der Waals surface area contributed by atoms with Crippen LogP contribution in [0.15, 0.2) is 0 Å². The minimum atomic E-state index is -1.42. The Morgan fingerprint density at radius 3 is 2.50 bits per heavy atom. The summed E-state index contributed by atoms with van der Waals surface area (Å²) in [5.74, 6) is 2.30. The number of rotatable bonds is 1. The maximum atomic E-state index is 11.4. The molecule has 0 unspecified atom stereocenters. The van der Waals surface area contributed by atoms with Gasteiger partial charge in [0.1, 0.15) is 0 Å². The first-order valence-corrected chi connectivity index (χ1v) is 4.92. The molecule has 80 valence electrons. The van der Waals surface area contributed by atoms with Gasteiger partial charge in [-0.05, 0) is 12.8 Å². The lowest BCUT2D eigenvalue weighted by atomic mass is 9.94. The third-order valence-electron chi connectivity index (χ3n) is 2.87. The predicted molar refractivity (Wildman–Crippen MR) is 46.7 cm³/mol. The van der Waals surface area contributed by atoms with Crippen LogP contribution in [0.3, 0.4) is 0 Å². The summed E-state index contributed by atoms with van der Waals surface area (Å²) in [6, 6.07) is 0. The molecule has 2 rings (SSSR count). The largest absolute Gasteiger partial charge is 0.429 e. The predicted octanol–water partition coefficient (Wildman–Crippen LogP) is 0.827. The molecule has 1 spiro atoms. The first kappa shape index (κ1) is 9.89. The van der Waals surface area contributed by atoms with Gasteiger partial charge < -0.3 is 4.74 Å². The first-order valence-electron chi connectivity index (χ1n) is 4.92. The second-order valence-electron chi connectivity index (χ2n) is 4.03. The van der Waals surface area contributed by atoms with Gasteiger partial charge in [-0.2, -0.15) is 0 Å². The fraction of sp³-hybridized carbons (Fsp3) is 0.889. The molecule has 0 aromatic heterocycles.